The number of hydrogen-bond donors (Lipinski definition) is 2. The Morgan fingerprint density at radius 2 is 1.80 bits per heavy atom. The van der Waals surface area contributed by atoms with Crippen molar-refractivity contribution in [3.05, 3.63) is 94.9 Å². The molecule has 0 saturated heterocycles. The van der Waals surface area contributed by atoms with E-state index in [4.69, 9.17) is 9.47 Å². The van der Waals surface area contributed by atoms with Crippen LogP contribution in [-0.2, 0) is 6.54 Å². The third-order valence-corrected chi connectivity index (χ3v) is 7.66. The Bertz CT molecular complexity index is 1740. The average Bonchev–Trinajstić information content (AvgIpc) is 3.48. The molecular formula is C34H37N5O5. The van der Waals surface area contributed by atoms with Gasteiger partial charge in [0.15, 0.2) is 5.76 Å². The zero-order valence-electron chi connectivity index (χ0n) is 25.6. The van der Waals surface area contributed by atoms with Gasteiger partial charge in [-0.3, -0.25) is 9.59 Å². The zero-order chi connectivity index (χ0) is 31.4. The number of hydrogen-bond acceptors (Lipinski definition) is 6. The lowest BCUT2D eigenvalue weighted by Crippen LogP contribution is -2.46. The van der Waals surface area contributed by atoms with E-state index in [-0.39, 0.29) is 24.1 Å². The number of Topliss-reactive ketones (excluding diaryl/α,β-unsaturated/α-hetero) is 1. The first-order valence-corrected chi connectivity index (χ1v) is 14.5. The van der Waals surface area contributed by atoms with E-state index in [1.54, 1.807) is 55.7 Å². The number of anilines is 1. The summed E-state index contributed by atoms with van der Waals surface area (Å²) >= 11 is 0. The fourth-order valence-corrected chi connectivity index (χ4v) is 5.24. The van der Waals surface area contributed by atoms with Crippen LogP contribution >= 0.6 is 0 Å². The Balaban J connectivity index is 1.34. The summed E-state index contributed by atoms with van der Waals surface area (Å²) in [5, 5.41) is 6.65. The molecule has 0 unspecified atom stereocenters. The molecule has 0 spiro atoms. The van der Waals surface area contributed by atoms with Gasteiger partial charge in [-0.15, -0.1) is 0 Å². The molecule has 4 aromatic rings. The zero-order valence-corrected chi connectivity index (χ0v) is 25.6. The van der Waals surface area contributed by atoms with Crippen LogP contribution in [0.25, 0.3) is 17.0 Å². The molecule has 3 amide bonds. The van der Waals surface area contributed by atoms with Crippen molar-refractivity contribution in [1.82, 2.24) is 19.7 Å². The molecule has 0 bridgehead atoms. The largest absolute Gasteiger partial charge is 0.497 e. The van der Waals surface area contributed by atoms with E-state index < -0.39 is 6.03 Å². The second-order valence-corrected chi connectivity index (χ2v) is 10.8. The van der Waals surface area contributed by atoms with Gasteiger partial charge < -0.3 is 34.5 Å². The van der Waals surface area contributed by atoms with Crippen LogP contribution < -0.4 is 20.1 Å². The van der Waals surface area contributed by atoms with Gasteiger partial charge in [-0.1, -0.05) is 18.2 Å². The van der Waals surface area contributed by atoms with E-state index in [0.717, 1.165) is 34.5 Å². The van der Waals surface area contributed by atoms with Gasteiger partial charge >= 0.3 is 6.03 Å². The number of methoxy groups -OCH3 is 1. The predicted octanol–water partition coefficient (Wildman–Crippen LogP) is 5.38. The van der Waals surface area contributed by atoms with E-state index >= 15 is 0 Å². The van der Waals surface area contributed by atoms with Gasteiger partial charge in [-0.25, -0.2) is 4.79 Å². The maximum absolute atomic E-state index is 13.5. The summed E-state index contributed by atoms with van der Waals surface area (Å²) in [5.41, 5.74) is 4.26. The van der Waals surface area contributed by atoms with Crippen molar-refractivity contribution in [3.8, 4) is 11.5 Å². The van der Waals surface area contributed by atoms with Crippen molar-refractivity contribution in [1.29, 1.82) is 0 Å². The number of ketones is 1. The number of nitrogens with one attached hydrogen (secondary N) is 2. The van der Waals surface area contributed by atoms with Gasteiger partial charge in [0, 0.05) is 53.0 Å². The summed E-state index contributed by atoms with van der Waals surface area (Å²) in [5.74, 6) is 0.819. The monoisotopic (exact) mass is 595 g/mol. The molecule has 0 atom stereocenters. The first-order chi connectivity index (χ1) is 21.2. The molecule has 44 heavy (non-hydrogen) atoms. The van der Waals surface area contributed by atoms with Crippen LogP contribution in [0.1, 0.15) is 38.9 Å². The van der Waals surface area contributed by atoms with Gasteiger partial charge in [0.05, 0.1) is 19.3 Å². The number of benzene rings is 3. The number of likely N-dealkylation sites (N-methyl/N-ethyl adjacent to an activating group) is 1. The second-order valence-electron chi connectivity index (χ2n) is 10.8. The number of rotatable bonds is 10. The standard InChI is InChI=1S/C34H37N5O5/c1-6-39-22(2)26(27-19-25(43-5)13-14-29(27)39)20-31-32(40)28-18-24(12-15-30(28)44-31)36-34(42)38(17-16-37(3)4)21-35-33(41)23-10-8-7-9-11-23/h7-15,18-20H,6,16-17,21H2,1-5H3,(H,35,41)(H,36,42)/b31-20-. The molecular weight excluding hydrogens is 558 g/mol. The number of carbonyl (C=O) groups excluding carboxylic acids is 3. The average molecular weight is 596 g/mol. The molecule has 10 nitrogen and oxygen atoms in total. The number of urea groups is 1. The van der Waals surface area contributed by atoms with Gasteiger partial charge in [-0.05, 0) is 82.5 Å². The van der Waals surface area contributed by atoms with Crippen molar-refractivity contribution in [3.63, 3.8) is 0 Å². The van der Waals surface area contributed by atoms with Crippen LogP contribution in [0, 0.1) is 6.92 Å². The number of amides is 3. The minimum atomic E-state index is -0.403. The van der Waals surface area contributed by atoms with Crippen LogP contribution in [0.15, 0.2) is 72.5 Å². The van der Waals surface area contributed by atoms with Crippen molar-refractivity contribution in [2.24, 2.45) is 0 Å². The lowest BCUT2D eigenvalue weighted by Gasteiger charge is -2.25. The van der Waals surface area contributed by atoms with Crippen LogP contribution in [0.5, 0.6) is 11.5 Å². The molecule has 0 radical (unpaired) electrons. The number of allylic oxidation sites excluding steroid dienone is 1. The molecule has 1 aliphatic heterocycles. The van der Waals surface area contributed by atoms with Crippen molar-refractivity contribution in [2.45, 2.75) is 20.4 Å². The van der Waals surface area contributed by atoms with E-state index in [9.17, 15) is 14.4 Å². The van der Waals surface area contributed by atoms with Crippen molar-refractivity contribution in [2.75, 3.05) is 46.3 Å². The van der Waals surface area contributed by atoms with Crippen LogP contribution in [0.4, 0.5) is 10.5 Å². The number of carbonyl (C=O) groups is 3. The highest BCUT2D eigenvalue weighted by Gasteiger charge is 2.29. The molecule has 2 N–H and O–H groups in total. The van der Waals surface area contributed by atoms with Crippen molar-refractivity contribution >= 4 is 40.4 Å². The summed E-state index contributed by atoms with van der Waals surface area (Å²) in [4.78, 5) is 42.9. The van der Waals surface area contributed by atoms with E-state index in [2.05, 4.69) is 22.1 Å². The maximum atomic E-state index is 13.5. The summed E-state index contributed by atoms with van der Waals surface area (Å²) in [6.45, 7) is 5.87. The molecule has 3 aromatic carbocycles. The first-order valence-electron chi connectivity index (χ1n) is 14.5. The Morgan fingerprint density at radius 1 is 1.02 bits per heavy atom. The fourth-order valence-electron chi connectivity index (χ4n) is 5.24. The smallest absolute Gasteiger partial charge is 0.323 e. The fraction of sp³-hybridized carbons (Fsp3) is 0.265. The molecule has 0 saturated carbocycles. The normalized spacial score (nSPS) is 13.2. The van der Waals surface area contributed by atoms with Gasteiger partial charge in [0.2, 0.25) is 5.78 Å². The third-order valence-electron chi connectivity index (χ3n) is 7.66. The topological polar surface area (TPSA) is 105 Å². The molecule has 10 heteroatoms. The van der Waals surface area contributed by atoms with E-state index in [1.807, 2.05) is 50.2 Å². The van der Waals surface area contributed by atoms with E-state index in [0.29, 0.717) is 35.7 Å². The van der Waals surface area contributed by atoms with Gasteiger partial charge in [-0.2, -0.15) is 0 Å². The highest BCUT2D eigenvalue weighted by atomic mass is 16.5. The maximum Gasteiger partial charge on any atom is 0.323 e. The third kappa shape index (κ3) is 6.30. The molecule has 0 fully saturated rings. The van der Waals surface area contributed by atoms with Gasteiger partial charge in [0.25, 0.3) is 5.91 Å². The van der Waals surface area contributed by atoms with Crippen LogP contribution in [-0.4, -0.2) is 73.1 Å². The number of aromatic nitrogens is 1. The number of ether oxygens (including phenoxy) is 2. The Kier molecular flexibility index (Phi) is 9.01. The highest BCUT2D eigenvalue weighted by molar-refractivity contribution is 6.16. The minimum Gasteiger partial charge on any atom is -0.497 e. The lowest BCUT2D eigenvalue weighted by molar-refractivity contribution is 0.0931. The van der Waals surface area contributed by atoms with Gasteiger partial charge in [0.1, 0.15) is 11.5 Å². The Hall–Kier alpha value is -5.09. The lowest BCUT2D eigenvalue weighted by atomic mass is 10.1. The minimum absolute atomic E-state index is 0.0166. The van der Waals surface area contributed by atoms with Crippen molar-refractivity contribution < 1.29 is 23.9 Å². The number of fused-ring (bicyclic) bond motifs is 2. The second kappa shape index (κ2) is 13.0. The molecule has 1 aromatic heterocycles. The molecule has 228 valence electrons. The number of nitrogens with zero attached hydrogens (tertiary/aromatic N) is 3. The summed E-state index contributed by atoms with van der Waals surface area (Å²) in [6, 6.07) is 19.3. The molecule has 2 heterocycles. The first kappa shape index (κ1) is 30.4. The number of aryl methyl sites for hydroxylation is 1. The molecule has 5 rings (SSSR count). The quantitative estimate of drug-likeness (QED) is 0.189. The predicted molar refractivity (Wildman–Crippen MR) is 171 cm³/mol. The molecule has 0 aliphatic carbocycles. The van der Waals surface area contributed by atoms with Crippen LogP contribution in [0.3, 0.4) is 0 Å². The Morgan fingerprint density at radius 3 is 2.50 bits per heavy atom. The Labute approximate surface area is 256 Å². The molecule has 1 aliphatic rings. The SMILES string of the molecule is CCn1c(C)c(/C=C2\Oc3ccc(NC(=O)N(CCN(C)C)CNC(=O)c4ccccc4)cc3C2=O)c2cc(OC)ccc21. The summed E-state index contributed by atoms with van der Waals surface area (Å²) in [7, 11) is 5.45. The summed E-state index contributed by atoms with van der Waals surface area (Å²) < 4.78 is 13.6. The van der Waals surface area contributed by atoms with E-state index in [1.165, 1.54) is 4.90 Å². The highest BCUT2D eigenvalue weighted by Crippen LogP contribution is 2.36. The summed E-state index contributed by atoms with van der Waals surface area (Å²) in [6.07, 6.45) is 1.78. The van der Waals surface area contributed by atoms with Crippen LogP contribution in [0.2, 0.25) is 0 Å².